The maximum atomic E-state index is 11.1. The van der Waals surface area contributed by atoms with Crippen molar-refractivity contribution in [2.75, 3.05) is 7.11 Å². The lowest BCUT2D eigenvalue weighted by Gasteiger charge is -2.12. The van der Waals surface area contributed by atoms with Crippen LogP contribution < -0.4 is 5.73 Å². The second-order valence-corrected chi connectivity index (χ2v) is 4.05. The molecule has 0 aliphatic heterocycles. The van der Waals surface area contributed by atoms with Crippen LogP contribution in [0.1, 0.15) is 32.0 Å². The molecule has 1 aromatic rings. The molecule has 5 heteroatoms. The SMILES string of the molecule is COC(=O)C(N)CCn1ccnc1C(C)C. The summed E-state index contributed by atoms with van der Waals surface area (Å²) >= 11 is 0. The van der Waals surface area contributed by atoms with E-state index in [2.05, 4.69) is 23.6 Å². The van der Waals surface area contributed by atoms with E-state index in [4.69, 9.17) is 5.73 Å². The molecule has 0 bridgehead atoms. The van der Waals surface area contributed by atoms with Crippen LogP contribution in [-0.4, -0.2) is 28.7 Å². The van der Waals surface area contributed by atoms with Crippen LogP contribution in [0.2, 0.25) is 0 Å². The van der Waals surface area contributed by atoms with Crippen molar-refractivity contribution in [2.24, 2.45) is 5.73 Å². The summed E-state index contributed by atoms with van der Waals surface area (Å²) < 4.78 is 6.59. The van der Waals surface area contributed by atoms with Gasteiger partial charge in [0.25, 0.3) is 0 Å². The zero-order valence-corrected chi connectivity index (χ0v) is 10.0. The van der Waals surface area contributed by atoms with E-state index in [1.165, 1.54) is 7.11 Å². The fourth-order valence-corrected chi connectivity index (χ4v) is 1.56. The lowest BCUT2D eigenvalue weighted by Crippen LogP contribution is -2.32. The van der Waals surface area contributed by atoms with E-state index in [-0.39, 0.29) is 5.97 Å². The number of ether oxygens (including phenoxy) is 1. The zero-order valence-electron chi connectivity index (χ0n) is 10.0. The Kier molecular flexibility index (Phi) is 4.49. The zero-order chi connectivity index (χ0) is 12.1. The minimum absolute atomic E-state index is 0.365. The van der Waals surface area contributed by atoms with Gasteiger partial charge in [-0.15, -0.1) is 0 Å². The average molecular weight is 225 g/mol. The Bertz CT molecular complexity index is 347. The molecule has 0 radical (unpaired) electrons. The summed E-state index contributed by atoms with van der Waals surface area (Å²) in [6, 6.07) is -0.563. The lowest BCUT2D eigenvalue weighted by molar-refractivity contribution is -0.142. The molecule has 1 heterocycles. The lowest BCUT2D eigenvalue weighted by atomic mass is 10.2. The molecular weight excluding hydrogens is 206 g/mol. The van der Waals surface area contributed by atoms with E-state index >= 15 is 0 Å². The van der Waals surface area contributed by atoms with Gasteiger partial charge in [0.2, 0.25) is 0 Å². The molecule has 0 aliphatic rings. The van der Waals surface area contributed by atoms with E-state index in [1.54, 1.807) is 6.20 Å². The molecule has 0 fully saturated rings. The molecule has 16 heavy (non-hydrogen) atoms. The minimum atomic E-state index is -0.563. The summed E-state index contributed by atoms with van der Waals surface area (Å²) in [6.45, 7) is 4.85. The Morgan fingerprint density at radius 3 is 2.88 bits per heavy atom. The Hall–Kier alpha value is -1.36. The van der Waals surface area contributed by atoms with Gasteiger partial charge in [0.1, 0.15) is 11.9 Å². The maximum Gasteiger partial charge on any atom is 0.322 e. The number of hydrogen-bond donors (Lipinski definition) is 1. The summed E-state index contributed by atoms with van der Waals surface area (Å²) in [5, 5.41) is 0. The Balaban J connectivity index is 2.54. The third-order valence-corrected chi connectivity index (χ3v) is 2.45. The number of rotatable bonds is 5. The molecule has 0 saturated heterocycles. The highest BCUT2D eigenvalue weighted by Crippen LogP contribution is 2.12. The first kappa shape index (κ1) is 12.7. The van der Waals surface area contributed by atoms with Gasteiger partial charge in [0.15, 0.2) is 0 Å². The fraction of sp³-hybridized carbons (Fsp3) is 0.636. The van der Waals surface area contributed by atoms with E-state index in [0.717, 1.165) is 5.82 Å². The number of aryl methyl sites for hydroxylation is 1. The molecule has 1 rings (SSSR count). The highest BCUT2D eigenvalue weighted by molar-refractivity contribution is 5.75. The van der Waals surface area contributed by atoms with Crippen LogP contribution in [0.4, 0.5) is 0 Å². The second kappa shape index (κ2) is 5.65. The van der Waals surface area contributed by atoms with Crippen LogP contribution in [0.15, 0.2) is 12.4 Å². The maximum absolute atomic E-state index is 11.1. The molecule has 0 amide bonds. The van der Waals surface area contributed by atoms with Crippen LogP contribution >= 0.6 is 0 Å². The molecule has 1 atom stereocenters. The number of hydrogen-bond acceptors (Lipinski definition) is 4. The third kappa shape index (κ3) is 3.06. The van der Waals surface area contributed by atoms with Crippen molar-refractivity contribution in [3.05, 3.63) is 18.2 Å². The number of carbonyl (C=O) groups excluding carboxylic acids is 1. The third-order valence-electron chi connectivity index (χ3n) is 2.45. The molecule has 0 spiro atoms. The van der Waals surface area contributed by atoms with Crippen molar-refractivity contribution in [1.82, 2.24) is 9.55 Å². The van der Waals surface area contributed by atoms with Crippen LogP contribution in [0, 0.1) is 0 Å². The molecule has 5 nitrogen and oxygen atoms in total. The van der Waals surface area contributed by atoms with Crippen molar-refractivity contribution in [3.63, 3.8) is 0 Å². The Labute approximate surface area is 95.6 Å². The topological polar surface area (TPSA) is 70.1 Å². The van der Waals surface area contributed by atoms with E-state index in [1.807, 2.05) is 10.8 Å². The second-order valence-electron chi connectivity index (χ2n) is 4.05. The van der Waals surface area contributed by atoms with Crippen LogP contribution in [0.3, 0.4) is 0 Å². The van der Waals surface area contributed by atoms with Gasteiger partial charge < -0.3 is 15.0 Å². The number of aromatic nitrogens is 2. The molecular formula is C11H19N3O2. The first-order valence-corrected chi connectivity index (χ1v) is 5.40. The van der Waals surface area contributed by atoms with Gasteiger partial charge in [-0.1, -0.05) is 13.8 Å². The van der Waals surface area contributed by atoms with Gasteiger partial charge in [0, 0.05) is 24.9 Å². The van der Waals surface area contributed by atoms with Crippen molar-refractivity contribution in [3.8, 4) is 0 Å². The predicted molar refractivity (Wildman–Crippen MR) is 60.9 cm³/mol. The highest BCUT2D eigenvalue weighted by Gasteiger charge is 2.14. The standard InChI is InChI=1S/C11H19N3O2/c1-8(2)10-13-5-7-14(10)6-4-9(12)11(15)16-3/h5,7-9H,4,6,12H2,1-3H3. The first-order valence-electron chi connectivity index (χ1n) is 5.40. The summed E-state index contributed by atoms with van der Waals surface area (Å²) in [4.78, 5) is 15.4. The molecule has 2 N–H and O–H groups in total. The van der Waals surface area contributed by atoms with Crippen molar-refractivity contribution in [2.45, 2.75) is 38.8 Å². The molecule has 0 aromatic carbocycles. The highest BCUT2D eigenvalue weighted by atomic mass is 16.5. The van der Waals surface area contributed by atoms with Gasteiger partial charge in [-0.25, -0.2) is 4.98 Å². The van der Waals surface area contributed by atoms with Crippen LogP contribution in [0.5, 0.6) is 0 Å². The molecule has 90 valence electrons. The molecule has 1 unspecified atom stereocenters. The van der Waals surface area contributed by atoms with Crippen molar-refractivity contribution >= 4 is 5.97 Å². The first-order chi connectivity index (χ1) is 7.56. The molecule has 1 aromatic heterocycles. The average Bonchev–Trinajstić information content (AvgIpc) is 2.72. The predicted octanol–water partition coefficient (Wildman–Crippen LogP) is 0.897. The number of methoxy groups -OCH3 is 1. The quantitative estimate of drug-likeness (QED) is 0.756. The number of esters is 1. The Morgan fingerprint density at radius 2 is 2.31 bits per heavy atom. The summed E-state index contributed by atoms with van der Waals surface area (Å²) in [7, 11) is 1.35. The smallest absolute Gasteiger partial charge is 0.322 e. The van der Waals surface area contributed by atoms with Gasteiger partial charge in [0.05, 0.1) is 7.11 Å². The van der Waals surface area contributed by atoms with E-state index in [0.29, 0.717) is 18.9 Å². The number of nitrogens with two attached hydrogens (primary N) is 1. The number of carbonyl (C=O) groups is 1. The number of nitrogens with zero attached hydrogens (tertiary/aromatic N) is 2. The van der Waals surface area contributed by atoms with Gasteiger partial charge in [-0.2, -0.15) is 0 Å². The largest absolute Gasteiger partial charge is 0.468 e. The molecule has 0 saturated carbocycles. The van der Waals surface area contributed by atoms with Crippen LogP contribution in [0.25, 0.3) is 0 Å². The normalized spacial score (nSPS) is 12.8. The fourth-order valence-electron chi connectivity index (χ4n) is 1.56. The van der Waals surface area contributed by atoms with E-state index < -0.39 is 6.04 Å². The van der Waals surface area contributed by atoms with Crippen molar-refractivity contribution in [1.29, 1.82) is 0 Å². The number of imidazole rings is 1. The van der Waals surface area contributed by atoms with Crippen molar-refractivity contribution < 1.29 is 9.53 Å². The van der Waals surface area contributed by atoms with Gasteiger partial charge in [-0.3, -0.25) is 4.79 Å². The summed E-state index contributed by atoms with van der Waals surface area (Å²) in [5.74, 6) is 1.01. The minimum Gasteiger partial charge on any atom is -0.468 e. The monoisotopic (exact) mass is 225 g/mol. The van der Waals surface area contributed by atoms with Crippen LogP contribution in [-0.2, 0) is 16.1 Å². The van der Waals surface area contributed by atoms with Gasteiger partial charge in [-0.05, 0) is 6.42 Å². The Morgan fingerprint density at radius 1 is 1.62 bits per heavy atom. The summed E-state index contributed by atoms with van der Waals surface area (Å²) in [6.07, 6.45) is 4.22. The van der Waals surface area contributed by atoms with E-state index in [9.17, 15) is 4.79 Å². The summed E-state index contributed by atoms with van der Waals surface area (Å²) in [5.41, 5.74) is 5.66. The molecule has 0 aliphatic carbocycles. The van der Waals surface area contributed by atoms with Gasteiger partial charge >= 0.3 is 5.97 Å².